The molecule has 2 aromatic rings. The molecule has 0 saturated carbocycles. The zero-order valence-electron chi connectivity index (χ0n) is 13.9. The van der Waals surface area contributed by atoms with Crippen LogP contribution in [0.3, 0.4) is 0 Å². The lowest BCUT2D eigenvalue weighted by Gasteiger charge is -2.07. The van der Waals surface area contributed by atoms with Crippen LogP contribution in [0.25, 0.3) is 0 Å². The van der Waals surface area contributed by atoms with Crippen LogP contribution in [0.4, 0.5) is 0 Å². The molecule has 7 nitrogen and oxygen atoms in total. The van der Waals surface area contributed by atoms with E-state index < -0.39 is 0 Å². The molecule has 1 amide bonds. The Morgan fingerprint density at radius 2 is 2.09 bits per heavy atom. The van der Waals surface area contributed by atoms with Crippen molar-refractivity contribution >= 4 is 5.91 Å². The first-order chi connectivity index (χ1) is 10.8. The molecule has 0 fully saturated rings. The molecule has 23 heavy (non-hydrogen) atoms. The molecule has 124 valence electrons. The van der Waals surface area contributed by atoms with Gasteiger partial charge in [-0.2, -0.15) is 5.10 Å². The van der Waals surface area contributed by atoms with Crippen LogP contribution in [-0.2, 0) is 24.3 Å². The lowest BCUT2D eigenvalue weighted by atomic mass is 10.1. The van der Waals surface area contributed by atoms with Crippen molar-refractivity contribution in [2.75, 3.05) is 0 Å². The molecule has 0 aliphatic rings. The van der Waals surface area contributed by atoms with E-state index >= 15 is 0 Å². The molecule has 0 radical (unpaired) electrons. The van der Waals surface area contributed by atoms with Gasteiger partial charge < -0.3 is 9.84 Å². The first-order valence-electron chi connectivity index (χ1n) is 7.61. The molecule has 7 heteroatoms. The van der Waals surface area contributed by atoms with Gasteiger partial charge in [0.2, 0.25) is 5.91 Å². The Morgan fingerprint density at radius 1 is 1.35 bits per heavy atom. The first-order valence-corrected chi connectivity index (χ1v) is 7.61. The average molecular weight is 318 g/mol. The maximum Gasteiger partial charge on any atom is 0.267 e. The number of hydrogen-bond acceptors (Lipinski definition) is 5. The summed E-state index contributed by atoms with van der Waals surface area (Å²) in [6.07, 6.45) is 0.833. The monoisotopic (exact) mass is 318 g/mol. The normalized spacial score (nSPS) is 11.0. The van der Waals surface area contributed by atoms with Gasteiger partial charge in [0, 0.05) is 12.1 Å². The highest BCUT2D eigenvalue weighted by atomic mass is 16.5. The fourth-order valence-electron chi connectivity index (χ4n) is 2.12. The third-order valence-corrected chi connectivity index (χ3v) is 3.41. The molecule has 0 spiro atoms. The molecule has 0 saturated heterocycles. The van der Waals surface area contributed by atoms with Gasteiger partial charge in [0.05, 0.1) is 17.9 Å². The Kier molecular flexibility index (Phi) is 5.31. The predicted molar refractivity (Wildman–Crippen MR) is 84.9 cm³/mol. The van der Waals surface area contributed by atoms with Crippen molar-refractivity contribution < 1.29 is 9.32 Å². The van der Waals surface area contributed by atoms with Crippen LogP contribution in [0, 0.1) is 19.8 Å². The summed E-state index contributed by atoms with van der Waals surface area (Å²) in [5.41, 5.74) is 2.12. The fraction of sp³-hybridized carbons (Fsp3) is 0.500. The summed E-state index contributed by atoms with van der Waals surface area (Å²) < 4.78 is 6.33. The number of carbonyl (C=O) groups is 1. The topological polar surface area (TPSA) is 90.0 Å². The molecule has 1 N–H and O–H groups in total. The average Bonchev–Trinajstić information content (AvgIpc) is 2.89. The molecule has 0 bridgehead atoms. The van der Waals surface area contributed by atoms with Crippen LogP contribution < -0.4 is 10.9 Å². The predicted octanol–water partition coefficient (Wildman–Crippen LogP) is 1.36. The lowest BCUT2D eigenvalue weighted by molar-refractivity contribution is -0.122. The second-order valence-corrected chi connectivity index (χ2v) is 6.07. The van der Waals surface area contributed by atoms with E-state index in [4.69, 9.17) is 4.52 Å². The van der Waals surface area contributed by atoms with Crippen molar-refractivity contribution in [1.29, 1.82) is 0 Å². The van der Waals surface area contributed by atoms with E-state index in [0.29, 0.717) is 11.7 Å². The van der Waals surface area contributed by atoms with Gasteiger partial charge in [-0.05, 0) is 31.7 Å². The summed E-state index contributed by atoms with van der Waals surface area (Å²) in [6, 6.07) is 3.31. The molecule has 2 aromatic heterocycles. The van der Waals surface area contributed by atoms with Crippen LogP contribution in [0.2, 0.25) is 0 Å². The number of rotatable bonds is 6. The molecule has 2 heterocycles. The van der Waals surface area contributed by atoms with Gasteiger partial charge in [-0.1, -0.05) is 19.0 Å². The van der Waals surface area contributed by atoms with E-state index in [1.54, 1.807) is 6.92 Å². The zero-order valence-corrected chi connectivity index (χ0v) is 13.9. The lowest BCUT2D eigenvalue weighted by Crippen LogP contribution is -2.33. The van der Waals surface area contributed by atoms with E-state index in [1.165, 1.54) is 6.07 Å². The smallest absolute Gasteiger partial charge is 0.267 e. The number of aryl methyl sites for hydroxylation is 2. The molecule has 0 aliphatic carbocycles. The molecular weight excluding hydrogens is 296 g/mol. The summed E-state index contributed by atoms with van der Waals surface area (Å²) in [5, 5.41) is 10.8. The quantitative estimate of drug-likeness (QED) is 0.868. The van der Waals surface area contributed by atoms with E-state index in [2.05, 4.69) is 29.4 Å². The van der Waals surface area contributed by atoms with E-state index in [9.17, 15) is 9.59 Å². The SMILES string of the molecule is Cc1cc(=O)n(CC(=O)NCc2cc(CC(C)C)no2)nc1C. The molecule has 0 aliphatic heterocycles. The van der Waals surface area contributed by atoms with Gasteiger partial charge >= 0.3 is 0 Å². The van der Waals surface area contributed by atoms with Crippen molar-refractivity contribution in [1.82, 2.24) is 20.3 Å². The number of nitrogens with one attached hydrogen (secondary N) is 1. The van der Waals surface area contributed by atoms with Gasteiger partial charge in [-0.3, -0.25) is 9.59 Å². The second kappa shape index (κ2) is 7.21. The highest BCUT2D eigenvalue weighted by Gasteiger charge is 2.10. The maximum atomic E-state index is 11.9. The van der Waals surface area contributed by atoms with E-state index in [1.807, 2.05) is 13.0 Å². The molecular formula is C16H22N4O3. The van der Waals surface area contributed by atoms with E-state index in [-0.39, 0.29) is 24.6 Å². The van der Waals surface area contributed by atoms with Crippen molar-refractivity contribution in [3.05, 3.63) is 45.2 Å². The highest BCUT2D eigenvalue weighted by molar-refractivity contribution is 5.75. The molecule has 0 aromatic carbocycles. The minimum atomic E-state index is -0.301. The van der Waals surface area contributed by atoms with Crippen molar-refractivity contribution in [2.24, 2.45) is 5.92 Å². The third-order valence-electron chi connectivity index (χ3n) is 3.41. The summed E-state index contributed by atoms with van der Waals surface area (Å²) in [4.78, 5) is 23.7. The van der Waals surface area contributed by atoms with Crippen molar-refractivity contribution in [3.8, 4) is 0 Å². The van der Waals surface area contributed by atoms with Crippen molar-refractivity contribution in [2.45, 2.75) is 47.2 Å². The van der Waals surface area contributed by atoms with Gasteiger partial charge in [0.1, 0.15) is 6.54 Å². The Morgan fingerprint density at radius 3 is 2.78 bits per heavy atom. The summed E-state index contributed by atoms with van der Waals surface area (Å²) in [6.45, 7) is 7.94. The molecule has 0 atom stereocenters. The number of nitrogens with zero attached hydrogens (tertiary/aromatic N) is 3. The molecule has 2 rings (SSSR count). The van der Waals surface area contributed by atoms with Gasteiger partial charge in [-0.25, -0.2) is 4.68 Å². The summed E-state index contributed by atoms with van der Waals surface area (Å²) in [7, 11) is 0. The maximum absolute atomic E-state index is 11.9. The standard InChI is InChI=1S/C16H22N4O3/c1-10(2)5-13-7-14(23-19-13)8-17-15(21)9-20-16(22)6-11(3)12(4)18-20/h6-7,10H,5,8-9H2,1-4H3,(H,17,21). The van der Waals surface area contributed by atoms with Gasteiger partial charge in [0.25, 0.3) is 5.56 Å². The largest absolute Gasteiger partial charge is 0.359 e. The summed E-state index contributed by atoms with van der Waals surface area (Å²) in [5.74, 6) is 0.782. The summed E-state index contributed by atoms with van der Waals surface area (Å²) >= 11 is 0. The minimum Gasteiger partial charge on any atom is -0.359 e. The fourth-order valence-corrected chi connectivity index (χ4v) is 2.12. The van der Waals surface area contributed by atoms with Gasteiger partial charge in [0.15, 0.2) is 5.76 Å². The molecule has 0 unspecified atom stereocenters. The van der Waals surface area contributed by atoms with Crippen LogP contribution in [0.1, 0.15) is 36.6 Å². The van der Waals surface area contributed by atoms with E-state index in [0.717, 1.165) is 28.1 Å². The number of hydrogen-bond donors (Lipinski definition) is 1. The van der Waals surface area contributed by atoms with Crippen LogP contribution in [0.5, 0.6) is 0 Å². The Bertz CT molecular complexity index is 746. The Hall–Kier alpha value is -2.44. The van der Waals surface area contributed by atoms with Crippen molar-refractivity contribution in [3.63, 3.8) is 0 Å². The highest BCUT2D eigenvalue weighted by Crippen LogP contribution is 2.08. The van der Waals surface area contributed by atoms with Crippen LogP contribution in [0.15, 0.2) is 21.5 Å². The third kappa shape index (κ3) is 4.77. The van der Waals surface area contributed by atoms with Crippen LogP contribution >= 0.6 is 0 Å². The Balaban J connectivity index is 1.92. The second-order valence-electron chi connectivity index (χ2n) is 6.07. The Labute approximate surface area is 134 Å². The first kappa shape index (κ1) is 16.9. The minimum absolute atomic E-state index is 0.118. The zero-order chi connectivity index (χ0) is 17.0. The number of aromatic nitrogens is 3. The van der Waals surface area contributed by atoms with Gasteiger partial charge in [-0.15, -0.1) is 0 Å². The van der Waals surface area contributed by atoms with Crippen LogP contribution in [-0.4, -0.2) is 20.8 Å². The number of amides is 1. The number of carbonyl (C=O) groups excluding carboxylic acids is 1.